The normalized spacial score (nSPS) is 38.8. The Morgan fingerprint density at radius 2 is 1.86 bits per heavy atom. The van der Waals surface area contributed by atoms with Crippen LogP contribution in [0.2, 0.25) is 0 Å². The third-order valence-corrected chi connectivity index (χ3v) is 4.91. The molecule has 0 radical (unpaired) electrons. The molecule has 0 spiro atoms. The van der Waals surface area contributed by atoms with Gasteiger partial charge in [-0.05, 0) is 44.4 Å². The molecule has 1 nitrogen and oxygen atoms in total. The van der Waals surface area contributed by atoms with Gasteiger partial charge in [0, 0.05) is 11.4 Å². The average molecular weight is 261 g/mol. The lowest BCUT2D eigenvalue weighted by Gasteiger charge is -2.28. The SMILES string of the molecule is BrC1CCCCC1CCC1CCCO1. The lowest BCUT2D eigenvalue weighted by atomic mass is 9.85. The Hall–Kier alpha value is 0.440. The molecule has 0 bridgehead atoms. The van der Waals surface area contributed by atoms with Gasteiger partial charge in [-0.25, -0.2) is 0 Å². The van der Waals surface area contributed by atoms with Crippen LogP contribution in [0.5, 0.6) is 0 Å². The number of halogens is 1. The standard InChI is InChI=1S/C12H21BrO/c13-12-6-2-1-4-10(12)7-8-11-5-3-9-14-11/h10-12H,1-9H2. The van der Waals surface area contributed by atoms with Gasteiger partial charge < -0.3 is 4.74 Å². The van der Waals surface area contributed by atoms with E-state index < -0.39 is 0 Å². The lowest BCUT2D eigenvalue weighted by molar-refractivity contribution is 0.0964. The Morgan fingerprint density at radius 3 is 2.57 bits per heavy atom. The summed E-state index contributed by atoms with van der Waals surface area (Å²) >= 11 is 3.82. The highest BCUT2D eigenvalue weighted by Crippen LogP contribution is 2.34. The highest BCUT2D eigenvalue weighted by molar-refractivity contribution is 9.09. The molecule has 1 saturated heterocycles. The summed E-state index contributed by atoms with van der Waals surface area (Å²) in [6.45, 7) is 1.01. The van der Waals surface area contributed by atoms with E-state index in [0.29, 0.717) is 6.10 Å². The molecule has 0 amide bonds. The van der Waals surface area contributed by atoms with Gasteiger partial charge in [-0.15, -0.1) is 0 Å². The first-order chi connectivity index (χ1) is 6.86. The Kier molecular flexibility index (Phi) is 4.30. The molecule has 14 heavy (non-hydrogen) atoms. The summed E-state index contributed by atoms with van der Waals surface area (Å²) in [4.78, 5) is 0.789. The number of ether oxygens (including phenoxy) is 1. The smallest absolute Gasteiger partial charge is 0.0576 e. The van der Waals surface area contributed by atoms with E-state index in [4.69, 9.17) is 4.74 Å². The van der Waals surface area contributed by atoms with Gasteiger partial charge >= 0.3 is 0 Å². The second-order valence-electron chi connectivity index (χ2n) is 4.77. The Labute approximate surface area is 95.7 Å². The van der Waals surface area contributed by atoms with Crippen LogP contribution in [-0.4, -0.2) is 17.5 Å². The number of hydrogen-bond donors (Lipinski definition) is 0. The molecule has 2 rings (SSSR count). The molecule has 3 atom stereocenters. The van der Waals surface area contributed by atoms with Crippen molar-refractivity contribution in [2.45, 2.75) is 62.3 Å². The fraction of sp³-hybridized carbons (Fsp3) is 1.00. The van der Waals surface area contributed by atoms with E-state index in [-0.39, 0.29) is 0 Å². The summed E-state index contributed by atoms with van der Waals surface area (Å²) in [6.07, 6.45) is 11.5. The van der Waals surface area contributed by atoms with Crippen LogP contribution in [0.3, 0.4) is 0 Å². The minimum Gasteiger partial charge on any atom is -0.378 e. The molecular formula is C12H21BrO. The third kappa shape index (κ3) is 2.96. The van der Waals surface area contributed by atoms with Crippen LogP contribution in [0.4, 0.5) is 0 Å². The van der Waals surface area contributed by atoms with Crippen LogP contribution in [0.25, 0.3) is 0 Å². The van der Waals surface area contributed by atoms with E-state index in [2.05, 4.69) is 15.9 Å². The van der Waals surface area contributed by atoms with Crippen molar-refractivity contribution >= 4 is 15.9 Å². The van der Waals surface area contributed by atoms with Crippen LogP contribution in [0.15, 0.2) is 0 Å². The molecule has 0 aromatic carbocycles. The van der Waals surface area contributed by atoms with Gasteiger partial charge in [0.25, 0.3) is 0 Å². The van der Waals surface area contributed by atoms with Gasteiger partial charge in [-0.1, -0.05) is 28.8 Å². The maximum absolute atomic E-state index is 5.66. The number of alkyl halides is 1. The quantitative estimate of drug-likeness (QED) is 0.700. The van der Waals surface area contributed by atoms with Crippen LogP contribution >= 0.6 is 15.9 Å². The van der Waals surface area contributed by atoms with Crippen molar-refractivity contribution in [3.8, 4) is 0 Å². The molecule has 1 saturated carbocycles. The molecule has 0 aromatic rings. The molecule has 82 valence electrons. The zero-order valence-electron chi connectivity index (χ0n) is 8.88. The molecule has 1 aliphatic heterocycles. The summed E-state index contributed by atoms with van der Waals surface area (Å²) in [7, 11) is 0. The Balaban J connectivity index is 1.67. The zero-order chi connectivity index (χ0) is 9.80. The summed E-state index contributed by atoms with van der Waals surface area (Å²) in [6, 6.07) is 0. The molecule has 0 aromatic heterocycles. The van der Waals surface area contributed by atoms with Crippen molar-refractivity contribution in [2.75, 3.05) is 6.61 Å². The predicted molar refractivity (Wildman–Crippen MR) is 62.9 cm³/mol. The summed E-state index contributed by atoms with van der Waals surface area (Å²) < 4.78 is 5.66. The van der Waals surface area contributed by atoms with Gasteiger partial charge in [0.05, 0.1) is 6.10 Å². The molecule has 1 heterocycles. The van der Waals surface area contributed by atoms with Crippen molar-refractivity contribution in [3.63, 3.8) is 0 Å². The Bertz CT molecular complexity index is 166. The molecule has 0 N–H and O–H groups in total. The van der Waals surface area contributed by atoms with Gasteiger partial charge in [0.2, 0.25) is 0 Å². The molecule has 1 aliphatic carbocycles. The van der Waals surface area contributed by atoms with E-state index in [1.54, 1.807) is 0 Å². The highest BCUT2D eigenvalue weighted by atomic mass is 79.9. The van der Waals surface area contributed by atoms with Crippen LogP contribution in [0, 0.1) is 5.92 Å². The molecule has 2 fully saturated rings. The first-order valence-corrected chi connectivity index (χ1v) is 7.03. The second-order valence-corrected chi connectivity index (χ2v) is 5.95. The molecule has 3 unspecified atom stereocenters. The molecule has 2 heteroatoms. The van der Waals surface area contributed by atoms with Crippen molar-refractivity contribution in [1.29, 1.82) is 0 Å². The summed E-state index contributed by atoms with van der Waals surface area (Å²) in [5, 5.41) is 0. The van der Waals surface area contributed by atoms with E-state index in [0.717, 1.165) is 17.4 Å². The van der Waals surface area contributed by atoms with E-state index in [1.807, 2.05) is 0 Å². The lowest BCUT2D eigenvalue weighted by Crippen LogP contribution is -2.20. The fourth-order valence-corrected chi connectivity index (χ4v) is 3.61. The van der Waals surface area contributed by atoms with Crippen LogP contribution in [-0.2, 0) is 4.74 Å². The van der Waals surface area contributed by atoms with Crippen LogP contribution in [0.1, 0.15) is 51.4 Å². The maximum atomic E-state index is 5.66. The summed E-state index contributed by atoms with van der Waals surface area (Å²) in [5.74, 6) is 0.924. The number of hydrogen-bond acceptors (Lipinski definition) is 1. The largest absolute Gasteiger partial charge is 0.378 e. The minimum atomic E-state index is 0.594. The van der Waals surface area contributed by atoms with Crippen molar-refractivity contribution in [2.24, 2.45) is 5.92 Å². The van der Waals surface area contributed by atoms with Gasteiger partial charge in [-0.2, -0.15) is 0 Å². The van der Waals surface area contributed by atoms with Gasteiger partial charge in [0.15, 0.2) is 0 Å². The average Bonchev–Trinajstić information content (AvgIpc) is 2.69. The molecule has 2 aliphatic rings. The summed E-state index contributed by atoms with van der Waals surface area (Å²) in [5.41, 5.74) is 0. The topological polar surface area (TPSA) is 9.23 Å². The minimum absolute atomic E-state index is 0.594. The molecular weight excluding hydrogens is 240 g/mol. The van der Waals surface area contributed by atoms with Crippen molar-refractivity contribution in [1.82, 2.24) is 0 Å². The van der Waals surface area contributed by atoms with E-state index in [1.165, 1.54) is 51.4 Å². The van der Waals surface area contributed by atoms with Crippen LogP contribution < -0.4 is 0 Å². The highest BCUT2D eigenvalue weighted by Gasteiger charge is 2.24. The van der Waals surface area contributed by atoms with Gasteiger partial charge in [-0.3, -0.25) is 0 Å². The second kappa shape index (κ2) is 5.50. The third-order valence-electron chi connectivity index (χ3n) is 3.70. The predicted octanol–water partition coefficient (Wildman–Crippen LogP) is 3.90. The monoisotopic (exact) mass is 260 g/mol. The van der Waals surface area contributed by atoms with E-state index in [9.17, 15) is 0 Å². The number of rotatable bonds is 3. The Morgan fingerprint density at radius 1 is 1.00 bits per heavy atom. The maximum Gasteiger partial charge on any atom is 0.0576 e. The fourth-order valence-electron chi connectivity index (χ4n) is 2.76. The van der Waals surface area contributed by atoms with Crippen molar-refractivity contribution in [3.05, 3.63) is 0 Å². The first kappa shape index (κ1) is 10.9. The van der Waals surface area contributed by atoms with E-state index >= 15 is 0 Å². The zero-order valence-corrected chi connectivity index (χ0v) is 10.5. The van der Waals surface area contributed by atoms with Crippen molar-refractivity contribution < 1.29 is 4.74 Å². The first-order valence-electron chi connectivity index (χ1n) is 6.12. The van der Waals surface area contributed by atoms with Gasteiger partial charge in [0.1, 0.15) is 0 Å².